The maximum Gasteiger partial charge on any atom is 0.322 e. The van der Waals surface area contributed by atoms with Crippen LogP contribution in [0, 0.1) is 0 Å². The number of benzene rings is 1. The molecule has 24 heavy (non-hydrogen) atoms. The number of carbonyl (C=O) groups is 3. The van der Waals surface area contributed by atoms with Crippen LogP contribution in [0.2, 0.25) is 0 Å². The van der Waals surface area contributed by atoms with Crippen molar-refractivity contribution in [2.45, 2.75) is 18.8 Å². The first kappa shape index (κ1) is 15.7. The summed E-state index contributed by atoms with van der Waals surface area (Å²) < 4.78 is 0. The van der Waals surface area contributed by atoms with E-state index in [0.29, 0.717) is 22.9 Å². The third kappa shape index (κ3) is 3.78. The molecule has 0 aliphatic heterocycles. The van der Waals surface area contributed by atoms with Crippen molar-refractivity contribution >= 4 is 23.5 Å². The van der Waals surface area contributed by atoms with E-state index in [1.54, 1.807) is 18.2 Å². The highest BCUT2D eigenvalue weighted by atomic mass is 16.4. The van der Waals surface area contributed by atoms with E-state index in [1.165, 1.54) is 12.1 Å². The number of carbonyl (C=O) groups excluding carboxylic acids is 2. The molecule has 124 valence electrons. The number of anilines is 1. The van der Waals surface area contributed by atoms with Crippen molar-refractivity contribution in [3.8, 4) is 0 Å². The zero-order valence-electron chi connectivity index (χ0n) is 12.7. The van der Waals surface area contributed by atoms with Crippen LogP contribution in [0.25, 0.3) is 0 Å². The van der Waals surface area contributed by atoms with Crippen LogP contribution in [-0.4, -0.2) is 39.6 Å². The van der Waals surface area contributed by atoms with E-state index in [1.807, 2.05) is 0 Å². The van der Waals surface area contributed by atoms with Gasteiger partial charge in [0.05, 0.1) is 0 Å². The van der Waals surface area contributed by atoms with Crippen LogP contribution in [-0.2, 0) is 4.79 Å². The fourth-order valence-corrected chi connectivity index (χ4v) is 2.21. The van der Waals surface area contributed by atoms with Gasteiger partial charge >= 0.3 is 5.97 Å². The Bertz CT molecular complexity index is 778. The van der Waals surface area contributed by atoms with Crippen LogP contribution < -0.4 is 10.6 Å². The zero-order chi connectivity index (χ0) is 17.1. The van der Waals surface area contributed by atoms with Gasteiger partial charge in [0.25, 0.3) is 11.8 Å². The molecular weight excluding hydrogens is 312 g/mol. The predicted octanol–water partition coefficient (Wildman–Crippen LogP) is 1.35. The highest BCUT2D eigenvalue weighted by molar-refractivity contribution is 6.03. The van der Waals surface area contributed by atoms with Crippen LogP contribution in [0.4, 0.5) is 5.69 Å². The maximum atomic E-state index is 12.1. The van der Waals surface area contributed by atoms with E-state index in [4.69, 9.17) is 5.11 Å². The van der Waals surface area contributed by atoms with E-state index in [0.717, 1.165) is 18.5 Å². The Labute approximate surface area is 137 Å². The smallest absolute Gasteiger partial charge is 0.322 e. The second-order valence-corrected chi connectivity index (χ2v) is 5.59. The normalized spacial score (nSPS) is 13.3. The number of hydrogen-bond acceptors (Lipinski definition) is 4. The summed E-state index contributed by atoms with van der Waals surface area (Å²) in [6.45, 7) is -0.445. The van der Waals surface area contributed by atoms with Gasteiger partial charge in [0.15, 0.2) is 5.69 Å². The molecule has 0 atom stereocenters. The summed E-state index contributed by atoms with van der Waals surface area (Å²) in [5.74, 6) is -1.45. The van der Waals surface area contributed by atoms with Crippen molar-refractivity contribution in [3.63, 3.8) is 0 Å². The topological polar surface area (TPSA) is 124 Å². The molecule has 2 amide bonds. The highest BCUT2D eigenvalue weighted by Gasteiger charge is 2.26. The van der Waals surface area contributed by atoms with E-state index in [2.05, 4.69) is 20.8 Å². The molecule has 0 spiro atoms. The van der Waals surface area contributed by atoms with E-state index in [9.17, 15) is 14.4 Å². The Morgan fingerprint density at radius 2 is 1.88 bits per heavy atom. The molecule has 8 nitrogen and oxygen atoms in total. The quantitative estimate of drug-likeness (QED) is 0.637. The maximum absolute atomic E-state index is 12.1. The number of aromatic amines is 1. The first-order valence-electron chi connectivity index (χ1n) is 7.49. The number of carboxylic acids is 1. The molecule has 0 unspecified atom stereocenters. The minimum absolute atomic E-state index is 0.310. The van der Waals surface area contributed by atoms with Gasteiger partial charge in [-0.25, -0.2) is 0 Å². The van der Waals surface area contributed by atoms with Gasteiger partial charge in [-0.3, -0.25) is 19.5 Å². The molecule has 1 heterocycles. The van der Waals surface area contributed by atoms with Gasteiger partial charge in [0, 0.05) is 22.9 Å². The number of aromatic nitrogens is 2. The molecule has 2 aromatic rings. The first-order chi connectivity index (χ1) is 11.5. The Morgan fingerprint density at radius 3 is 2.50 bits per heavy atom. The molecule has 1 aromatic carbocycles. The van der Waals surface area contributed by atoms with Crippen LogP contribution in [0.15, 0.2) is 30.3 Å². The summed E-state index contributed by atoms with van der Waals surface area (Å²) in [7, 11) is 0. The van der Waals surface area contributed by atoms with Crippen LogP contribution >= 0.6 is 0 Å². The van der Waals surface area contributed by atoms with Crippen LogP contribution in [0.1, 0.15) is 45.3 Å². The minimum Gasteiger partial charge on any atom is -0.480 e. The predicted molar refractivity (Wildman–Crippen MR) is 84.9 cm³/mol. The van der Waals surface area contributed by atoms with Crippen molar-refractivity contribution in [3.05, 3.63) is 47.3 Å². The molecular formula is C16H16N4O4. The molecule has 0 saturated heterocycles. The summed E-state index contributed by atoms with van der Waals surface area (Å²) in [6, 6.07) is 7.91. The molecule has 8 heteroatoms. The van der Waals surface area contributed by atoms with Gasteiger partial charge < -0.3 is 15.7 Å². The molecule has 4 N–H and O–H groups in total. The molecule has 3 rings (SSSR count). The van der Waals surface area contributed by atoms with Gasteiger partial charge in [-0.05, 0) is 43.2 Å². The van der Waals surface area contributed by atoms with Crippen molar-refractivity contribution in [1.29, 1.82) is 0 Å². The number of carboxylic acid groups (broad SMARTS) is 1. The summed E-state index contributed by atoms with van der Waals surface area (Å²) in [4.78, 5) is 34.3. The number of H-pyrrole nitrogens is 1. The van der Waals surface area contributed by atoms with Gasteiger partial charge in [-0.2, -0.15) is 5.10 Å². The average Bonchev–Trinajstić information content (AvgIpc) is 3.30. The van der Waals surface area contributed by atoms with Crippen molar-refractivity contribution in [1.82, 2.24) is 15.5 Å². The Morgan fingerprint density at radius 1 is 1.17 bits per heavy atom. The van der Waals surface area contributed by atoms with Crippen molar-refractivity contribution in [2.75, 3.05) is 11.9 Å². The number of amides is 2. The molecule has 1 aliphatic rings. The third-order valence-corrected chi connectivity index (χ3v) is 3.65. The Kier molecular flexibility index (Phi) is 4.28. The SMILES string of the molecule is O=C(O)CNC(=O)c1ccc(NC(=O)c2cc(C3CC3)[nH]n2)cc1. The van der Waals surface area contributed by atoms with E-state index >= 15 is 0 Å². The number of aliphatic carboxylic acids is 1. The molecule has 1 aromatic heterocycles. The van der Waals surface area contributed by atoms with Crippen molar-refractivity contribution in [2.24, 2.45) is 0 Å². The van der Waals surface area contributed by atoms with Gasteiger partial charge in [0.2, 0.25) is 0 Å². The number of hydrogen-bond donors (Lipinski definition) is 4. The van der Waals surface area contributed by atoms with Gasteiger partial charge in [0.1, 0.15) is 6.54 Å². The third-order valence-electron chi connectivity index (χ3n) is 3.65. The van der Waals surface area contributed by atoms with Crippen LogP contribution in [0.3, 0.4) is 0 Å². The molecule has 0 bridgehead atoms. The fourth-order valence-electron chi connectivity index (χ4n) is 2.21. The minimum atomic E-state index is -1.11. The summed E-state index contributed by atoms with van der Waals surface area (Å²) >= 11 is 0. The number of nitrogens with one attached hydrogen (secondary N) is 3. The zero-order valence-corrected chi connectivity index (χ0v) is 12.7. The monoisotopic (exact) mass is 328 g/mol. The number of nitrogens with zero attached hydrogens (tertiary/aromatic N) is 1. The summed E-state index contributed by atoms with van der Waals surface area (Å²) in [5, 5.41) is 20.4. The molecule has 1 saturated carbocycles. The van der Waals surface area contributed by atoms with E-state index in [-0.39, 0.29) is 5.91 Å². The highest BCUT2D eigenvalue weighted by Crippen LogP contribution is 2.39. The van der Waals surface area contributed by atoms with Crippen molar-refractivity contribution < 1.29 is 19.5 Å². The average molecular weight is 328 g/mol. The molecule has 0 radical (unpaired) electrons. The largest absolute Gasteiger partial charge is 0.480 e. The lowest BCUT2D eigenvalue weighted by Crippen LogP contribution is -2.29. The lowest BCUT2D eigenvalue weighted by molar-refractivity contribution is -0.135. The Hall–Kier alpha value is -3.16. The standard InChI is InChI=1S/C16H16N4O4/c21-14(22)8-17-15(23)10-3-5-11(6-4-10)18-16(24)13-7-12(19-20-13)9-1-2-9/h3-7,9H,1-2,8H2,(H,17,23)(H,18,24)(H,19,20)(H,21,22). The summed E-state index contributed by atoms with van der Waals surface area (Å²) in [6.07, 6.45) is 2.24. The first-order valence-corrected chi connectivity index (χ1v) is 7.49. The van der Waals surface area contributed by atoms with Gasteiger partial charge in [-0.15, -0.1) is 0 Å². The number of rotatable bonds is 6. The lowest BCUT2D eigenvalue weighted by Gasteiger charge is -2.05. The van der Waals surface area contributed by atoms with Gasteiger partial charge in [-0.1, -0.05) is 0 Å². The molecule has 1 fully saturated rings. The lowest BCUT2D eigenvalue weighted by atomic mass is 10.2. The van der Waals surface area contributed by atoms with Crippen LogP contribution in [0.5, 0.6) is 0 Å². The fraction of sp³-hybridized carbons (Fsp3) is 0.250. The molecule has 1 aliphatic carbocycles. The summed E-state index contributed by atoms with van der Waals surface area (Å²) in [5.41, 5.74) is 2.13. The second-order valence-electron chi connectivity index (χ2n) is 5.59. The van der Waals surface area contributed by atoms with E-state index < -0.39 is 18.4 Å². The second kappa shape index (κ2) is 6.53. The Balaban J connectivity index is 1.59.